The highest BCUT2D eigenvalue weighted by Crippen LogP contribution is 2.19. The van der Waals surface area contributed by atoms with E-state index in [1.54, 1.807) is 36.2 Å². The van der Waals surface area contributed by atoms with Gasteiger partial charge in [-0.2, -0.15) is 0 Å². The third-order valence-corrected chi connectivity index (χ3v) is 3.64. The lowest BCUT2D eigenvalue weighted by Crippen LogP contribution is -2.29. The summed E-state index contributed by atoms with van der Waals surface area (Å²) < 4.78 is 5.32. The number of carbonyl (C=O) groups is 2. The number of nitrogens with two attached hydrogens (primary N) is 1. The number of hydrogen-bond acceptors (Lipinski definition) is 3. The molecule has 0 heterocycles. The number of aryl methyl sites for hydroxylation is 1. The lowest BCUT2D eigenvalue weighted by atomic mass is 10.1. The molecule has 2 amide bonds. The molecule has 126 valence electrons. The van der Waals surface area contributed by atoms with Crippen LogP contribution in [0.25, 0.3) is 0 Å². The molecule has 0 bridgehead atoms. The molecule has 0 radical (unpaired) electrons. The number of benzene rings is 2. The largest absolute Gasteiger partial charge is 0.483 e. The van der Waals surface area contributed by atoms with E-state index in [9.17, 15) is 9.59 Å². The SMILES string of the molecule is CN(CCCc1ccccc1)C(=O)c1ccccc1OCC(N)=O. The van der Waals surface area contributed by atoms with Gasteiger partial charge < -0.3 is 15.4 Å². The summed E-state index contributed by atoms with van der Waals surface area (Å²) in [7, 11) is 1.76. The lowest BCUT2D eigenvalue weighted by molar-refractivity contribution is -0.119. The molecular weight excluding hydrogens is 304 g/mol. The smallest absolute Gasteiger partial charge is 0.257 e. The Morgan fingerprint density at radius 1 is 1.04 bits per heavy atom. The fourth-order valence-corrected chi connectivity index (χ4v) is 2.39. The molecule has 0 spiro atoms. The molecule has 2 aromatic rings. The van der Waals surface area contributed by atoms with Gasteiger partial charge in [-0.05, 0) is 30.5 Å². The third kappa shape index (κ3) is 5.12. The number of amides is 2. The molecule has 2 aromatic carbocycles. The summed E-state index contributed by atoms with van der Waals surface area (Å²) in [5, 5.41) is 0. The normalized spacial score (nSPS) is 10.2. The van der Waals surface area contributed by atoms with Gasteiger partial charge in [0, 0.05) is 13.6 Å². The van der Waals surface area contributed by atoms with Gasteiger partial charge >= 0.3 is 0 Å². The first kappa shape index (κ1) is 17.5. The Hall–Kier alpha value is -2.82. The second-order valence-corrected chi connectivity index (χ2v) is 5.57. The predicted octanol–water partition coefficient (Wildman–Crippen LogP) is 2.26. The Labute approximate surface area is 142 Å². The number of ether oxygens (including phenoxy) is 1. The maximum Gasteiger partial charge on any atom is 0.257 e. The van der Waals surface area contributed by atoms with Crippen molar-refractivity contribution in [1.82, 2.24) is 4.90 Å². The molecule has 5 nitrogen and oxygen atoms in total. The van der Waals surface area contributed by atoms with E-state index in [0.717, 1.165) is 12.8 Å². The topological polar surface area (TPSA) is 72.6 Å². The van der Waals surface area contributed by atoms with Crippen molar-refractivity contribution in [3.8, 4) is 5.75 Å². The van der Waals surface area contributed by atoms with E-state index in [1.165, 1.54) is 5.56 Å². The first-order chi connectivity index (χ1) is 11.6. The highest BCUT2D eigenvalue weighted by Gasteiger charge is 2.16. The Kier molecular flexibility index (Phi) is 6.37. The molecule has 0 aromatic heterocycles. The van der Waals surface area contributed by atoms with Crippen molar-refractivity contribution in [2.45, 2.75) is 12.8 Å². The van der Waals surface area contributed by atoms with Gasteiger partial charge in [-0.25, -0.2) is 0 Å². The van der Waals surface area contributed by atoms with E-state index in [-0.39, 0.29) is 12.5 Å². The zero-order chi connectivity index (χ0) is 17.4. The number of primary amides is 1. The highest BCUT2D eigenvalue weighted by atomic mass is 16.5. The fraction of sp³-hybridized carbons (Fsp3) is 0.263. The molecule has 0 unspecified atom stereocenters. The molecule has 0 saturated heterocycles. The minimum atomic E-state index is -0.575. The van der Waals surface area contributed by atoms with Gasteiger partial charge in [0.1, 0.15) is 5.75 Å². The van der Waals surface area contributed by atoms with Crippen molar-refractivity contribution in [3.05, 3.63) is 65.7 Å². The van der Waals surface area contributed by atoms with Crippen molar-refractivity contribution in [2.24, 2.45) is 5.73 Å². The van der Waals surface area contributed by atoms with E-state index in [4.69, 9.17) is 10.5 Å². The molecule has 0 aliphatic heterocycles. The molecule has 2 rings (SSSR count). The predicted molar refractivity (Wildman–Crippen MR) is 92.9 cm³/mol. The van der Waals surface area contributed by atoms with Crippen LogP contribution in [0, 0.1) is 0 Å². The lowest BCUT2D eigenvalue weighted by Gasteiger charge is -2.19. The standard InChI is InChI=1S/C19H22N2O3/c1-21(13-7-10-15-8-3-2-4-9-15)19(23)16-11-5-6-12-17(16)24-14-18(20)22/h2-6,8-9,11-12H,7,10,13-14H2,1H3,(H2,20,22). The van der Waals surface area contributed by atoms with Crippen LogP contribution in [0.2, 0.25) is 0 Å². The van der Waals surface area contributed by atoms with E-state index >= 15 is 0 Å². The quantitative estimate of drug-likeness (QED) is 0.809. The summed E-state index contributed by atoms with van der Waals surface area (Å²) in [4.78, 5) is 25.1. The molecular formula is C19H22N2O3. The van der Waals surface area contributed by atoms with E-state index < -0.39 is 5.91 Å². The minimum Gasteiger partial charge on any atom is -0.483 e. The molecule has 0 atom stereocenters. The van der Waals surface area contributed by atoms with Crippen LogP contribution in [0.4, 0.5) is 0 Å². The summed E-state index contributed by atoms with van der Waals surface area (Å²) in [6, 6.07) is 17.0. The maximum absolute atomic E-state index is 12.6. The zero-order valence-electron chi connectivity index (χ0n) is 13.8. The Bertz CT molecular complexity index is 686. The van der Waals surface area contributed by atoms with Crippen molar-refractivity contribution in [2.75, 3.05) is 20.2 Å². The maximum atomic E-state index is 12.6. The van der Waals surface area contributed by atoms with Gasteiger partial charge in [-0.1, -0.05) is 42.5 Å². The van der Waals surface area contributed by atoms with Crippen LogP contribution in [0.3, 0.4) is 0 Å². The average Bonchev–Trinajstić information content (AvgIpc) is 2.60. The van der Waals surface area contributed by atoms with Gasteiger partial charge in [-0.15, -0.1) is 0 Å². The minimum absolute atomic E-state index is 0.136. The van der Waals surface area contributed by atoms with Crippen LogP contribution in [-0.2, 0) is 11.2 Å². The molecule has 0 aliphatic rings. The van der Waals surface area contributed by atoms with Gasteiger partial charge in [0.05, 0.1) is 5.56 Å². The summed E-state index contributed by atoms with van der Waals surface area (Å²) in [5.41, 5.74) is 6.77. The van der Waals surface area contributed by atoms with Crippen molar-refractivity contribution in [1.29, 1.82) is 0 Å². The van der Waals surface area contributed by atoms with E-state index in [0.29, 0.717) is 17.9 Å². The van der Waals surface area contributed by atoms with Crippen molar-refractivity contribution >= 4 is 11.8 Å². The summed E-state index contributed by atoms with van der Waals surface area (Å²) in [6.45, 7) is 0.389. The Balaban J connectivity index is 1.93. The van der Waals surface area contributed by atoms with Crippen LogP contribution in [0.1, 0.15) is 22.3 Å². The highest BCUT2D eigenvalue weighted by molar-refractivity contribution is 5.96. The van der Waals surface area contributed by atoms with Crippen molar-refractivity contribution in [3.63, 3.8) is 0 Å². The van der Waals surface area contributed by atoms with Crippen LogP contribution >= 0.6 is 0 Å². The van der Waals surface area contributed by atoms with Gasteiger partial charge in [0.25, 0.3) is 11.8 Å². The first-order valence-corrected chi connectivity index (χ1v) is 7.87. The van der Waals surface area contributed by atoms with Gasteiger partial charge in [0.15, 0.2) is 6.61 Å². The average molecular weight is 326 g/mol. The second-order valence-electron chi connectivity index (χ2n) is 5.57. The molecule has 0 aliphatic carbocycles. The molecule has 5 heteroatoms. The van der Waals surface area contributed by atoms with Crippen LogP contribution in [0.5, 0.6) is 5.75 Å². The first-order valence-electron chi connectivity index (χ1n) is 7.87. The monoisotopic (exact) mass is 326 g/mol. The van der Waals surface area contributed by atoms with Crippen LogP contribution < -0.4 is 10.5 Å². The Morgan fingerprint density at radius 2 is 1.71 bits per heavy atom. The van der Waals surface area contributed by atoms with Gasteiger partial charge in [0.2, 0.25) is 0 Å². The Morgan fingerprint density at radius 3 is 2.42 bits per heavy atom. The van der Waals surface area contributed by atoms with Crippen LogP contribution in [-0.4, -0.2) is 36.9 Å². The number of carbonyl (C=O) groups excluding carboxylic acids is 2. The number of para-hydroxylation sites is 1. The van der Waals surface area contributed by atoms with Gasteiger partial charge in [-0.3, -0.25) is 9.59 Å². The van der Waals surface area contributed by atoms with Crippen molar-refractivity contribution < 1.29 is 14.3 Å². The number of nitrogens with zero attached hydrogens (tertiary/aromatic N) is 1. The molecule has 0 saturated carbocycles. The number of hydrogen-bond donors (Lipinski definition) is 1. The molecule has 2 N–H and O–H groups in total. The van der Waals surface area contributed by atoms with E-state index in [1.807, 2.05) is 18.2 Å². The summed E-state index contributed by atoms with van der Waals surface area (Å²) >= 11 is 0. The van der Waals surface area contributed by atoms with E-state index in [2.05, 4.69) is 12.1 Å². The molecule has 24 heavy (non-hydrogen) atoms. The third-order valence-electron chi connectivity index (χ3n) is 3.64. The number of rotatable bonds is 8. The fourth-order valence-electron chi connectivity index (χ4n) is 2.39. The summed E-state index contributed by atoms with van der Waals surface area (Å²) in [5.74, 6) is -0.340. The zero-order valence-corrected chi connectivity index (χ0v) is 13.8. The van der Waals surface area contributed by atoms with Crippen LogP contribution in [0.15, 0.2) is 54.6 Å². The summed E-state index contributed by atoms with van der Waals surface area (Å²) in [6.07, 6.45) is 1.79. The molecule has 0 fully saturated rings. The second kappa shape index (κ2) is 8.72.